The molecule has 0 aliphatic heterocycles. The average molecular weight is 463 g/mol. The van der Waals surface area contributed by atoms with Gasteiger partial charge in [0.05, 0.1) is 5.52 Å². The fraction of sp³-hybridized carbons (Fsp3) is 0.0500. The van der Waals surface area contributed by atoms with E-state index in [2.05, 4.69) is 53.5 Å². The number of aryl methyl sites for hydroxylation is 1. The molecule has 0 N–H and O–H groups in total. The van der Waals surface area contributed by atoms with Crippen molar-refractivity contribution in [3.05, 3.63) is 90.6 Å². The molecule has 0 atom stereocenters. The van der Waals surface area contributed by atoms with Crippen LogP contribution in [0.2, 0.25) is 0 Å². The van der Waals surface area contributed by atoms with E-state index in [1.165, 1.54) is 21.7 Å². The first-order valence-corrected chi connectivity index (χ1v) is 7.00. The van der Waals surface area contributed by atoms with Crippen LogP contribution < -0.4 is 0 Å². The molecule has 0 aliphatic rings. The summed E-state index contributed by atoms with van der Waals surface area (Å²) in [5.41, 5.74) is 2.29. The smallest absolute Gasteiger partial charge is 0.0780 e. The van der Waals surface area contributed by atoms with E-state index in [-0.39, 0.29) is 20.1 Å². The van der Waals surface area contributed by atoms with Gasteiger partial charge in [-0.2, -0.15) is 35.9 Å². The molecule has 0 saturated carbocycles. The number of fused-ring (bicyclic) bond motifs is 3. The first-order valence-electron chi connectivity index (χ1n) is 7.00. The largest absolute Gasteiger partial charge is 0.256 e. The van der Waals surface area contributed by atoms with Gasteiger partial charge in [0.2, 0.25) is 0 Å². The maximum Gasteiger partial charge on any atom is 0.0780 e. The summed E-state index contributed by atoms with van der Waals surface area (Å²) < 4.78 is 0. The fourth-order valence-corrected chi connectivity index (χ4v) is 2.30. The van der Waals surface area contributed by atoms with Crippen molar-refractivity contribution in [2.75, 3.05) is 0 Å². The van der Waals surface area contributed by atoms with Gasteiger partial charge in [-0.05, 0) is 11.5 Å². The van der Waals surface area contributed by atoms with Crippen molar-refractivity contribution in [1.82, 2.24) is 4.98 Å². The van der Waals surface area contributed by atoms with Crippen LogP contribution in [0.3, 0.4) is 0 Å². The summed E-state index contributed by atoms with van der Waals surface area (Å²) in [6.07, 6.45) is 1.84. The van der Waals surface area contributed by atoms with Crippen LogP contribution in [0.25, 0.3) is 21.7 Å². The molecule has 0 bridgehead atoms. The Morgan fingerprint density at radius 1 is 0.773 bits per heavy atom. The van der Waals surface area contributed by atoms with E-state index >= 15 is 0 Å². The van der Waals surface area contributed by atoms with Crippen molar-refractivity contribution in [1.29, 1.82) is 0 Å². The quantitative estimate of drug-likeness (QED) is 0.259. The van der Waals surface area contributed by atoms with E-state index in [9.17, 15) is 0 Å². The van der Waals surface area contributed by atoms with Crippen LogP contribution in [0.4, 0.5) is 0 Å². The second-order valence-electron chi connectivity index (χ2n) is 4.91. The van der Waals surface area contributed by atoms with Crippen LogP contribution in [0.15, 0.2) is 79.0 Å². The molecular formula is C20H16IrN-. The minimum absolute atomic E-state index is 0. The van der Waals surface area contributed by atoms with Gasteiger partial charge in [0.1, 0.15) is 0 Å². The SMILES string of the molecule is Cc1[c-]cccc1.[Ir].c1ccc2c(c1)ccc1cccnc12. The topological polar surface area (TPSA) is 12.9 Å². The van der Waals surface area contributed by atoms with Gasteiger partial charge in [-0.15, -0.1) is 0 Å². The second kappa shape index (κ2) is 7.84. The summed E-state index contributed by atoms with van der Waals surface area (Å²) in [7, 11) is 0. The van der Waals surface area contributed by atoms with E-state index in [0.29, 0.717) is 0 Å². The summed E-state index contributed by atoms with van der Waals surface area (Å²) in [6, 6.07) is 27.6. The van der Waals surface area contributed by atoms with Crippen LogP contribution in [-0.4, -0.2) is 4.98 Å². The molecule has 0 saturated heterocycles. The van der Waals surface area contributed by atoms with Crippen molar-refractivity contribution in [3.8, 4) is 0 Å². The van der Waals surface area contributed by atoms with Gasteiger partial charge in [-0.25, -0.2) is 0 Å². The minimum Gasteiger partial charge on any atom is -0.256 e. The maximum absolute atomic E-state index is 4.41. The third-order valence-electron chi connectivity index (χ3n) is 3.36. The Morgan fingerprint density at radius 3 is 2.23 bits per heavy atom. The number of nitrogens with zero attached hydrogens (tertiary/aromatic N) is 1. The van der Waals surface area contributed by atoms with Gasteiger partial charge in [0.15, 0.2) is 0 Å². The average Bonchev–Trinajstić information content (AvgIpc) is 2.56. The van der Waals surface area contributed by atoms with Crippen LogP contribution in [0, 0.1) is 13.0 Å². The van der Waals surface area contributed by atoms with Crippen molar-refractivity contribution in [2.45, 2.75) is 6.92 Å². The fourth-order valence-electron chi connectivity index (χ4n) is 2.30. The van der Waals surface area contributed by atoms with Crippen LogP contribution >= 0.6 is 0 Å². The molecule has 4 rings (SSSR count). The number of benzene rings is 3. The monoisotopic (exact) mass is 463 g/mol. The zero-order chi connectivity index (χ0) is 14.5. The molecule has 2 heteroatoms. The minimum atomic E-state index is 0. The zero-order valence-corrected chi connectivity index (χ0v) is 14.7. The van der Waals surface area contributed by atoms with E-state index in [1.807, 2.05) is 43.5 Å². The Balaban J connectivity index is 0.000000189. The van der Waals surface area contributed by atoms with E-state index in [0.717, 1.165) is 5.52 Å². The molecular weight excluding hydrogens is 446 g/mol. The van der Waals surface area contributed by atoms with Crippen molar-refractivity contribution >= 4 is 21.7 Å². The normalized spacial score (nSPS) is 9.68. The molecule has 0 fully saturated rings. The molecule has 1 heterocycles. The summed E-state index contributed by atoms with van der Waals surface area (Å²) in [5, 5.41) is 3.68. The van der Waals surface area contributed by atoms with Crippen molar-refractivity contribution < 1.29 is 20.1 Å². The van der Waals surface area contributed by atoms with Gasteiger partial charge in [-0.3, -0.25) is 4.98 Å². The molecule has 1 radical (unpaired) electrons. The van der Waals surface area contributed by atoms with Crippen molar-refractivity contribution in [3.63, 3.8) is 0 Å². The Morgan fingerprint density at radius 2 is 1.50 bits per heavy atom. The number of pyridine rings is 1. The molecule has 3 aromatic carbocycles. The Labute approximate surface area is 144 Å². The zero-order valence-electron chi connectivity index (χ0n) is 12.3. The van der Waals surface area contributed by atoms with Crippen LogP contribution in [0.5, 0.6) is 0 Å². The number of aromatic nitrogens is 1. The summed E-state index contributed by atoms with van der Waals surface area (Å²) in [6.45, 7) is 2.03. The Kier molecular flexibility index (Phi) is 5.82. The van der Waals surface area contributed by atoms with Gasteiger partial charge in [-0.1, -0.05) is 49.4 Å². The van der Waals surface area contributed by atoms with Gasteiger partial charge in [0.25, 0.3) is 0 Å². The van der Waals surface area contributed by atoms with Crippen LogP contribution in [-0.2, 0) is 20.1 Å². The van der Waals surface area contributed by atoms with Gasteiger partial charge >= 0.3 is 0 Å². The summed E-state index contributed by atoms with van der Waals surface area (Å²) >= 11 is 0. The maximum atomic E-state index is 4.41. The molecule has 1 nitrogen and oxygen atoms in total. The number of rotatable bonds is 0. The molecule has 0 spiro atoms. The second-order valence-corrected chi connectivity index (χ2v) is 4.91. The Bertz CT molecular complexity index is 802. The molecule has 22 heavy (non-hydrogen) atoms. The van der Waals surface area contributed by atoms with E-state index in [1.54, 1.807) is 0 Å². The van der Waals surface area contributed by atoms with Gasteiger partial charge in [0, 0.05) is 37.1 Å². The van der Waals surface area contributed by atoms with E-state index < -0.39 is 0 Å². The first kappa shape index (κ1) is 16.4. The third kappa shape index (κ3) is 3.79. The molecule has 0 amide bonds. The number of hydrogen-bond acceptors (Lipinski definition) is 1. The van der Waals surface area contributed by atoms with Crippen molar-refractivity contribution in [2.24, 2.45) is 0 Å². The standard InChI is InChI=1S/C13H9N.C7H7.Ir/c1-2-6-12-10(4-1)7-8-11-5-3-9-14-13(11)12;1-7-5-3-2-4-6-7;/h1-9H;2-5H,1H3;/q;-1;. The number of hydrogen-bond donors (Lipinski definition) is 0. The Hall–Kier alpha value is -2.02. The van der Waals surface area contributed by atoms with Crippen LogP contribution in [0.1, 0.15) is 5.56 Å². The molecule has 4 aromatic rings. The predicted molar refractivity (Wildman–Crippen MR) is 89.3 cm³/mol. The molecule has 0 aliphatic carbocycles. The summed E-state index contributed by atoms with van der Waals surface area (Å²) in [5.74, 6) is 0. The third-order valence-corrected chi connectivity index (χ3v) is 3.36. The van der Waals surface area contributed by atoms with Gasteiger partial charge < -0.3 is 0 Å². The molecule has 0 unspecified atom stereocenters. The summed E-state index contributed by atoms with van der Waals surface area (Å²) in [4.78, 5) is 4.41. The molecule has 1 aromatic heterocycles. The van der Waals surface area contributed by atoms with E-state index in [4.69, 9.17) is 0 Å². The molecule has 111 valence electrons. The predicted octanol–water partition coefficient (Wildman–Crippen LogP) is 5.18. The first-order chi connectivity index (χ1) is 10.3.